The molecule has 256 valence electrons. The molecule has 5 aromatic rings. The van der Waals surface area contributed by atoms with E-state index in [2.05, 4.69) is 15.6 Å². The van der Waals surface area contributed by atoms with Crippen LogP contribution in [0.2, 0.25) is 0 Å². The van der Waals surface area contributed by atoms with Crippen LogP contribution in [-0.2, 0) is 16.4 Å². The number of halogens is 6. The maximum Gasteiger partial charge on any atom is 0.416 e. The van der Waals surface area contributed by atoms with Crippen LogP contribution in [0.1, 0.15) is 39.9 Å². The van der Waals surface area contributed by atoms with Gasteiger partial charge in [-0.1, -0.05) is 78.9 Å². The molecule has 0 fully saturated rings. The molecule has 12 heteroatoms. The van der Waals surface area contributed by atoms with Crippen molar-refractivity contribution >= 4 is 29.3 Å². The van der Waals surface area contributed by atoms with E-state index in [0.717, 1.165) is 23.3 Å². The summed E-state index contributed by atoms with van der Waals surface area (Å²) in [7, 11) is 0. The summed E-state index contributed by atoms with van der Waals surface area (Å²) in [6.45, 7) is -1.43. The van der Waals surface area contributed by atoms with Crippen LogP contribution in [-0.4, -0.2) is 35.3 Å². The van der Waals surface area contributed by atoms with Crippen molar-refractivity contribution in [2.24, 2.45) is 0 Å². The number of aromatic nitrogens is 1. The maximum atomic E-state index is 13.7. The van der Waals surface area contributed by atoms with E-state index in [0.29, 0.717) is 45.1 Å². The lowest BCUT2D eigenvalue weighted by Gasteiger charge is -2.31. The number of rotatable bonds is 10. The number of hydrogen-bond donors (Lipinski definition) is 2. The number of fused-ring (bicyclic) bond motifs is 3. The number of alkyl halides is 6. The predicted molar refractivity (Wildman–Crippen MR) is 181 cm³/mol. The predicted octanol–water partition coefficient (Wildman–Crippen LogP) is 9.54. The number of hydrogen-bond acceptors (Lipinski definition) is 4. The third kappa shape index (κ3) is 7.25. The molecule has 1 aliphatic carbocycles. The first-order valence-electron chi connectivity index (χ1n) is 15.6. The van der Waals surface area contributed by atoms with Crippen molar-refractivity contribution in [3.63, 3.8) is 0 Å². The number of carbonyl (C=O) groups excluding carboxylic acids is 2. The fourth-order valence-electron chi connectivity index (χ4n) is 6.31. The van der Waals surface area contributed by atoms with E-state index in [1.54, 1.807) is 60.7 Å². The van der Waals surface area contributed by atoms with Crippen molar-refractivity contribution < 1.29 is 35.9 Å². The minimum absolute atomic E-state index is 0.268. The van der Waals surface area contributed by atoms with Gasteiger partial charge in [0.25, 0.3) is 5.91 Å². The van der Waals surface area contributed by atoms with Gasteiger partial charge in [0.05, 0.1) is 22.5 Å². The second-order valence-corrected chi connectivity index (χ2v) is 12.8. The van der Waals surface area contributed by atoms with Gasteiger partial charge in [-0.05, 0) is 82.3 Å². The summed E-state index contributed by atoms with van der Waals surface area (Å²) < 4.78 is 78.6. The molecule has 0 spiro atoms. The summed E-state index contributed by atoms with van der Waals surface area (Å²) in [6.07, 6.45) is -6.80. The first-order valence-corrected chi connectivity index (χ1v) is 16.6. The Bertz CT molecular complexity index is 1970. The van der Waals surface area contributed by atoms with Crippen LogP contribution < -0.4 is 10.6 Å². The molecule has 0 bridgehead atoms. The van der Waals surface area contributed by atoms with Crippen molar-refractivity contribution in [2.75, 3.05) is 17.6 Å². The molecular formula is C38H29F6N3O2S. The summed E-state index contributed by atoms with van der Waals surface area (Å²) >= 11 is 1.41. The zero-order valence-corrected chi connectivity index (χ0v) is 27.1. The van der Waals surface area contributed by atoms with Crippen LogP contribution in [0.4, 0.5) is 32.0 Å². The van der Waals surface area contributed by atoms with E-state index in [4.69, 9.17) is 0 Å². The highest BCUT2D eigenvalue weighted by molar-refractivity contribution is 7.99. The van der Waals surface area contributed by atoms with Crippen LogP contribution in [0, 0.1) is 0 Å². The Balaban J connectivity index is 1.12. The highest BCUT2D eigenvalue weighted by atomic mass is 32.2. The number of anilines is 1. The van der Waals surface area contributed by atoms with Gasteiger partial charge >= 0.3 is 12.4 Å². The standard InChI is InChI=1S/C38H29F6N3O2S/c39-37(40,41)23-46-35(49)36(31-12-5-3-9-28(31)29-10-4-6-13-32(29)36)20-7-21-50-33-19-18-26(22-45-33)47-34(48)30-11-2-1-8-27(30)24-14-16-25(17-15-24)38(42,43)44/h1-6,8-19,22H,7,20-21,23H2,(H,46,49)(H,47,48). The molecule has 0 radical (unpaired) electrons. The monoisotopic (exact) mass is 705 g/mol. The van der Waals surface area contributed by atoms with Gasteiger partial charge in [0.2, 0.25) is 5.91 Å². The largest absolute Gasteiger partial charge is 0.416 e. The van der Waals surface area contributed by atoms with Crippen molar-refractivity contribution in [1.82, 2.24) is 10.3 Å². The van der Waals surface area contributed by atoms with Gasteiger partial charge in [-0.2, -0.15) is 26.3 Å². The van der Waals surface area contributed by atoms with Crippen LogP contribution in [0.25, 0.3) is 22.3 Å². The van der Waals surface area contributed by atoms with Gasteiger partial charge in [-0.25, -0.2) is 4.98 Å². The molecule has 2 amide bonds. The lowest BCUT2D eigenvalue weighted by molar-refractivity contribution is -0.141. The zero-order valence-electron chi connectivity index (χ0n) is 26.2. The van der Waals surface area contributed by atoms with Crippen molar-refractivity contribution in [3.05, 3.63) is 138 Å². The van der Waals surface area contributed by atoms with Gasteiger partial charge in [-0.3, -0.25) is 9.59 Å². The molecule has 1 aromatic heterocycles. The van der Waals surface area contributed by atoms with E-state index >= 15 is 0 Å². The molecule has 5 nitrogen and oxygen atoms in total. The maximum absolute atomic E-state index is 13.7. The third-order valence-electron chi connectivity index (χ3n) is 8.54. The summed E-state index contributed by atoms with van der Waals surface area (Å²) in [5.74, 6) is -0.651. The molecular weight excluding hydrogens is 676 g/mol. The molecule has 2 N–H and O–H groups in total. The van der Waals surface area contributed by atoms with Gasteiger partial charge in [0.1, 0.15) is 12.0 Å². The minimum atomic E-state index is -4.56. The number of amides is 2. The van der Waals surface area contributed by atoms with Crippen LogP contribution in [0.15, 0.2) is 120 Å². The number of nitrogens with zero attached hydrogens (tertiary/aromatic N) is 1. The first-order chi connectivity index (χ1) is 23.9. The number of pyridine rings is 1. The van der Waals surface area contributed by atoms with E-state index in [9.17, 15) is 35.9 Å². The summed E-state index contributed by atoms with van der Waals surface area (Å²) in [5, 5.41) is 5.56. The smallest absolute Gasteiger partial charge is 0.346 e. The Labute approximate surface area is 288 Å². The molecule has 1 aliphatic rings. The molecule has 0 atom stereocenters. The van der Waals surface area contributed by atoms with Crippen LogP contribution >= 0.6 is 11.8 Å². The van der Waals surface area contributed by atoms with Crippen molar-refractivity contribution in [1.29, 1.82) is 0 Å². The van der Waals surface area contributed by atoms with Gasteiger partial charge in [0.15, 0.2) is 0 Å². The molecule has 0 saturated carbocycles. The summed E-state index contributed by atoms with van der Waals surface area (Å²) in [6, 6.07) is 29.1. The molecule has 4 aromatic carbocycles. The molecule has 0 aliphatic heterocycles. The van der Waals surface area contributed by atoms with Crippen molar-refractivity contribution in [2.45, 2.75) is 35.6 Å². The molecule has 1 heterocycles. The number of carbonyl (C=O) groups is 2. The molecule has 50 heavy (non-hydrogen) atoms. The summed E-state index contributed by atoms with van der Waals surface area (Å²) in [4.78, 5) is 31.3. The van der Waals surface area contributed by atoms with E-state index < -0.39 is 41.7 Å². The quantitative estimate of drug-likeness (QED) is 0.0863. The molecule has 6 rings (SSSR count). The highest BCUT2D eigenvalue weighted by Crippen LogP contribution is 2.51. The van der Waals surface area contributed by atoms with Gasteiger partial charge in [-0.15, -0.1) is 11.8 Å². The third-order valence-corrected chi connectivity index (χ3v) is 9.57. The van der Waals surface area contributed by atoms with E-state index in [1.807, 2.05) is 24.3 Å². The highest BCUT2D eigenvalue weighted by Gasteiger charge is 2.49. The van der Waals surface area contributed by atoms with Crippen LogP contribution in [0.3, 0.4) is 0 Å². The van der Waals surface area contributed by atoms with Crippen molar-refractivity contribution in [3.8, 4) is 22.3 Å². The average molecular weight is 706 g/mol. The second kappa shape index (κ2) is 14.0. The Morgan fingerprint density at radius 3 is 1.90 bits per heavy atom. The fraction of sp³-hybridized carbons (Fsp3) is 0.184. The molecule has 0 saturated heterocycles. The van der Waals surface area contributed by atoms with Crippen LogP contribution in [0.5, 0.6) is 0 Å². The topological polar surface area (TPSA) is 71.1 Å². The van der Waals surface area contributed by atoms with Gasteiger partial charge < -0.3 is 10.6 Å². The number of benzene rings is 4. The SMILES string of the molecule is O=C(Nc1ccc(SCCCC2(C(=O)NCC(F)(F)F)c3ccccc3-c3ccccc32)nc1)c1ccccc1-c1ccc(C(F)(F)F)cc1. The first kappa shape index (κ1) is 34.8. The Morgan fingerprint density at radius 1 is 0.720 bits per heavy atom. The normalized spacial score (nSPS) is 13.3. The fourth-order valence-corrected chi connectivity index (χ4v) is 7.10. The molecule has 0 unspecified atom stereocenters. The Kier molecular flexibility index (Phi) is 9.75. The Morgan fingerprint density at radius 2 is 1.32 bits per heavy atom. The second-order valence-electron chi connectivity index (χ2n) is 11.7. The van der Waals surface area contributed by atoms with E-state index in [-0.39, 0.29) is 12.0 Å². The van der Waals surface area contributed by atoms with E-state index in [1.165, 1.54) is 30.1 Å². The number of thioether (sulfide) groups is 1. The summed E-state index contributed by atoms with van der Waals surface area (Å²) in [5.41, 5.74) is 2.50. The lowest BCUT2D eigenvalue weighted by Crippen LogP contribution is -2.47. The Hall–Kier alpha value is -5.10. The zero-order chi connectivity index (χ0) is 35.5. The lowest BCUT2D eigenvalue weighted by atomic mass is 9.73. The number of nitrogens with one attached hydrogen (secondary N) is 2. The average Bonchev–Trinajstić information content (AvgIpc) is 3.39. The van der Waals surface area contributed by atoms with Gasteiger partial charge in [0, 0.05) is 5.56 Å². The minimum Gasteiger partial charge on any atom is -0.346 e.